The molecule has 1 aliphatic heterocycles. The van der Waals surface area contributed by atoms with E-state index in [1.165, 1.54) is 22.4 Å². The van der Waals surface area contributed by atoms with Gasteiger partial charge in [0, 0.05) is 11.6 Å². The van der Waals surface area contributed by atoms with E-state index in [9.17, 15) is 4.79 Å². The Hall–Kier alpha value is -2.55. The van der Waals surface area contributed by atoms with Gasteiger partial charge in [0.25, 0.3) is 0 Å². The predicted molar refractivity (Wildman–Crippen MR) is 95.7 cm³/mol. The van der Waals surface area contributed by atoms with Gasteiger partial charge in [-0.1, -0.05) is 36.4 Å². The van der Waals surface area contributed by atoms with E-state index in [1.807, 2.05) is 12.1 Å². The monoisotopic (exact) mass is 319 g/mol. The van der Waals surface area contributed by atoms with Crippen molar-refractivity contribution in [3.05, 3.63) is 76.4 Å². The van der Waals surface area contributed by atoms with E-state index in [-0.39, 0.29) is 6.04 Å². The second kappa shape index (κ2) is 5.52. The van der Waals surface area contributed by atoms with E-state index in [0.717, 1.165) is 12.0 Å². The third-order valence-corrected chi connectivity index (χ3v) is 5.58. The first-order chi connectivity index (χ1) is 11.6. The van der Waals surface area contributed by atoms with Gasteiger partial charge in [0.05, 0.1) is 11.6 Å². The van der Waals surface area contributed by atoms with Crippen molar-refractivity contribution < 1.29 is 9.90 Å². The minimum Gasteiger partial charge on any atom is -0.478 e. The number of anilines is 1. The Morgan fingerprint density at radius 3 is 2.58 bits per heavy atom. The number of benzene rings is 2. The molecule has 0 radical (unpaired) electrons. The average molecular weight is 319 g/mol. The molecule has 0 fully saturated rings. The Labute approximate surface area is 142 Å². The van der Waals surface area contributed by atoms with Crippen LogP contribution in [0.25, 0.3) is 0 Å². The maximum atomic E-state index is 11.1. The molecule has 2 aliphatic rings. The van der Waals surface area contributed by atoms with Crippen molar-refractivity contribution in [3.63, 3.8) is 0 Å². The quantitative estimate of drug-likeness (QED) is 0.780. The number of aryl methyl sites for hydroxylation is 1. The number of carbonyl (C=O) groups is 1. The van der Waals surface area contributed by atoms with Crippen LogP contribution in [0.3, 0.4) is 0 Å². The minimum absolute atomic E-state index is 0.209. The van der Waals surface area contributed by atoms with E-state index in [1.54, 1.807) is 12.1 Å². The summed E-state index contributed by atoms with van der Waals surface area (Å²) in [5, 5.41) is 12.9. The third kappa shape index (κ3) is 2.23. The molecule has 3 atom stereocenters. The lowest BCUT2D eigenvalue weighted by Crippen LogP contribution is -2.29. The number of fused-ring (bicyclic) bond motifs is 3. The Balaban J connectivity index is 1.77. The highest BCUT2D eigenvalue weighted by molar-refractivity contribution is 5.87. The summed E-state index contributed by atoms with van der Waals surface area (Å²) in [6.07, 6.45) is 5.66. The summed E-state index contributed by atoms with van der Waals surface area (Å²) in [5.74, 6) is 0.0374. The maximum absolute atomic E-state index is 11.1. The maximum Gasteiger partial charge on any atom is 0.335 e. The molecule has 0 unspecified atom stereocenters. The highest BCUT2D eigenvalue weighted by atomic mass is 16.4. The number of rotatable bonds is 2. The molecular weight excluding hydrogens is 298 g/mol. The molecule has 0 bridgehead atoms. The van der Waals surface area contributed by atoms with Crippen molar-refractivity contribution in [2.75, 3.05) is 5.32 Å². The van der Waals surface area contributed by atoms with Crippen LogP contribution < -0.4 is 5.32 Å². The molecule has 1 aliphatic carbocycles. The van der Waals surface area contributed by atoms with Crippen LogP contribution in [-0.4, -0.2) is 11.1 Å². The van der Waals surface area contributed by atoms with Gasteiger partial charge in [-0.15, -0.1) is 0 Å². The first-order valence-corrected chi connectivity index (χ1v) is 8.43. The largest absolute Gasteiger partial charge is 0.478 e. The summed E-state index contributed by atoms with van der Waals surface area (Å²) in [5.41, 5.74) is 6.72. The van der Waals surface area contributed by atoms with Gasteiger partial charge in [0.2, 0.25) is 0 Å². The summed E-state index contributed by atoms with van der Waals surface area (Å²) < 4.78 is 0. The van der Waals surface area contributed by atoms with Gasteiger partial charge in [-0.05, 0) is 60.6 Å². The molecule has 3 heteroatoms. The van der Waals surface area contributed by atoms with E-state index >= 15 is 0 Å². The average Bonchev–Trinajstić information content (AvgIpc) is 3.07. The zero-order valence-electron chi connectivity index (χ0n) is 13.9. The van der Waals surface area contributed by atoms with E-state index in [2.05, 4.69) is 43.4 Å². The lowest BCUT2D eigenvalue weighted by molar-refractivity contribution is 0.0697. The number of carboxylic acid groups (broad SMARTS) is 1. The Morgan fingerprint density at radius 2 is 1.88 bits per heavy atom. The van der Waals surface area contributed by atoms with Crippen LogP contribution in [0.2, 0.25) is 0 Å². The van der Waals surface area contributed by atoms with Crippen LogP contribution in [0.15, 0.2) is 48.6 Å². The molecule has 0 aromatic heterocycles. The Bertz CT molecular complexity index is 836. The third-order valence-electron chi connectivity index (χ3n) is 5.58. The highest BCUT2D eigenvalue weighted by Crippen LogP contribution is 2.50. The van der Waals surface area contributed by atoms with Crippen LogP contribution in [-0.2, 0) is 0 Å². The topological polar surface area (TPSA) is 49.3 Å². The van der Waals surface area contributed by atoms with Crippen molar-refractivity contribution >= 4 is 11.7 Å². The van der Waals surface area contributed by atoms with Crippen LogP contribution in [0.1, 0.15) is 51.0 Å². The van der Waals surface area contributed by atoms with Gasteiger partial charge in [-0.25, -0.2) is 4.79 Å². The molecular formula is C21H21NO2. The molecule has 24 heavy (non-hydrogen) atoms. The van der Waals surface area contributed by atoms with Gasteiger partial charge in [0.15, 0.2) is 0 Å². The van der Waals surface area contributed by atoms with Gasteiger partial charge >= 0.3 is 5.97 Å². The smallest absolute Gasteiger partial charge is 0.335 e. The fourth-order valence-corrected chi connectivity index (χ4v) is 4.08. The van der Waals surface area contributed by atoms with Gasteiger partial charge in [0.1, 0.15) is 0 Å². The molecule has 0 saturated carbocycles. The zero-order valence-corrected chi connectivity index (χ0v) is 13.9. The second-order valence-corrected chi connectivity index (χ2v) is 6.87. The predicted octanol–water partition coefficient (Wildman–Crippen LogP) is 4.83. The van der Waals surface area contributed by atoms with Crippen LogP contribution in [0.5, 0.6) is 0 Å². The van der Waals surface area contributed by atoms with Crippen molar-refractivity contribution in [1.82, 2.24) is 0 Å². The van der Waals surface area contributed by atoms with Gasteiger partial charge in [-0.2, -0.15) is 0 Å². The lowest BCUT2D eigenvalue weighted by atomic mass is 9.76. The Morgan fingerprint density at radius 1 is 1.12 bits per heavy atom. The SMILES string of the molecule is Cc1ccc2c(c1C)N[C@H](c1ccc(C(=O)O)cc1)[C@H]1CC=C[C@H]21. The molecule has 0 saturated heterocycles. The van der Waals surface area contributed by atoms with Crippen LogP contribution in [0.4, 0.5) is 5.69 Å². The summed E-state index contributed by atoms with van der Waals surface area (Å²) in [4.78, 5) is 11.1. The number of allylic oxidation sites excluding steroid dienone is 2. The summed E-state index contributed by atoms with van der Waals surface area (Å²) in [7, 11) is 0. The molecule has 0 spiro atoms. The number of hydrogen-bond donors (Lipinski definition) is 2. The first-order valence-electron chi connectivity index (χ1n) is 8.43. The number of aromatic carboxylic acids is 1. The lowest BCUT2D eigenvalue weighted by Gasteiger charge is -2.38. The summed E-state index contributed by atoms with van der Waals surface area (Å²) in [6, 6.07) is 12.0. The van der Waals surface area contributed by atoms with Crippen molar-refractivity contribution in [1.29, 1.82) is 0 Å². The fraction of sp³-hybridized carbons (Fsp3) is 0.286. The number of hydrogen-bond acceptors (Lipinski definition) is 2. The van der Waals surface area contributed by atoms with E-state index < -0.39 is 5.97 Å². The van der Waals surface area contributed by atoms with Gasteiger partial charge < -0.3 is 10.4 Å². The fourth-order valence-electron chi connectivity index (χ4n) is 4.08. The summed E-state index contributed by atoms with van der Waals surface area (Å²) >= 11 is 0. The zero-order chi connectivity index (χ0) is 16.8. The molecule has 2 aromatic carbocycles. The minimum atomic E-state index is -0.879. The molecule has 3 nitrogen and oxygen atoms in total. The molecule has 1 heterocycles. The van der Waals surface area contributed by atoms with Crippen molar-refractivity contribution in [3.8, 4) is 0 Å². The number of nitrogens with one attached hydrogen (secondary N) is 1. The first kappa shape index (κ1) is 15.0. The normalized spacial score (nSPS) is 24.2. The second-order valence-electron chi connectivity index (χ2n) is 6.87. The highest BCUT2D eigenvalue weighted by Gasteiger charge is 2.38. The van der Waals surface area contributed by atoms with Crippen LogP contribution in [0, 0.1) is 19.8 Å². The molecule has 4 rings (SSSR count). The molecule has 0 amide bonds. The standard InChI is InChI=1S/C21H21NO2/c1-12-6-11-18-16-4-3-5-17(16)20(22-19(18)13(12)2)14-7-9-15(10-8-14)21(23)24/h3-4,6-11,16-17,20,22H,5H2,1-2H3,(H,23,24)/t16-,17-,20+/m0/s1. The summed E-state index contributed by atoms with van der Waals surface area (Å²) in [6.45, 7) is 4.31. The molecule has 122 valence electrons. The van der Waals surface area contributed by atoms with Crippen molar-refractivity contribution in [2.24, 2.45) is 5.92 Å². The van der Waals surface area contributed by atoms with Gasteiger partial charge in [-0.3, -0.25) is 0 Å². The van der Waals surface area contributed by atoms with E-state index in [4.69, 9.17) is 5.11 Å². The molecule has 2 aromatic rings. The Kier molecular flexibility index (Phi) is 3.45. The molecule has 2 N–H and O–H groups in total. The van der Waals surface area contributed by atoms with E-state index in [0.29, 0.717) is 17.4 Å². The number of carboxylic acids is 1. The van der Waals surface area contributed by atoms with Crippen LogP contribution >= 0.6 is 0 Å². The van der Waals surface area contributed by atoms with Crippen molar-refractivity contribution in [2.45, 2.75) is 32.2 Å².